The summed E-state index contributed by atoms with van der Waals surface area (Å²) in [5.41, 5.74) is 0.408. The highest BCUT2D eigenvalue weighted by Crippen LogP contribution is 2.10. The molecule has 0 unspecified atom stereocenters. The van der Waals surface area contributed by atoms with Crippen molar-refractivity contribution in [3.63, 3.8) is 0 Å². The van der Waals surface area contributed by atoms with Crippen LogP contribution in [0.3, 0.4) is 0 Å². The Balaban J connectivity index is 1.77. The lowest BCUT2D eigenvalue weighted by Crippen LogP contribution is -2.48. The van der Waals surface area contributed by atoms with Gasteiger partial charge in [-0.05, 0) is 19.0 Å². The smallest absolute Gasteiger partial charge is 0.410 e. The fraction of sp³-hybridized carbons (Fsp3) is 0.533. The Morgan fingerprint density at radius 2 is 1.95 bits per heavy atom. The van der Waals surface area contributed by atoms with Gasteiger partial charge >= 0.3 is 6.09 Å². The summed E-state index contributed by atoms with van der Waals surface area (Å²) in [5, 5.41) is 0. The number of hydrogen-bond acceptors (Lipinski definition) is 3. The van der Waals surface area contributed by atoms with Gasteiger partial charge in [-0.2, -0.15) is 0 Å². The summed E-state index contributed by atoms with van der Waals surface area (Å²) in [7, 11) is 0. The van der Waals surface area contributed by atoms with Crippen LogP contribution in [-0.4, -0.2) is 48.6 Å². The molecule has 20 heavy (non-hydrogen) atoms. The van der Waals surface area contributed by atoms with Gasteiger partial charge in [0, 0.05) is 31.7 Å². The molecule has 1 aromatic carbocycles. The molecule has 0 bridgehead atoms. The number of carbonyl (C=O) groups is 1. The summed E-state index contributed by atoms with van der Waals surface area (Å²) in [5.74, 6) is -0.340. The number of nitrogens with zero attached hydrogens (tertiary/aromatic N) is 2. The van der Waals surface area contributed by atoms with E-state index in [1.54, 1.807) is 23.1 Å². The molecular weight excluding hydrogens is 259 g/mol. The van der Waals surface area contributed by atoms with Gasteiger partial charge in [0.05, 0.1) is 0 Å². The molecule has 1 saturated heterocycles. The monoisotopic (exact) mass is 280 g/mol. The maximum atomic E-state index is 13.4. The minimum atomic E-state index is -0.357. The van der Waals surface area contributed by atoms with E-state index < -0.39 is 0 Å². The Bertz CT molecular complexity index is 445. The molecule has 0 aromatic heterocycles. The summed E-state index contributed by atoms with van der Waals surface area (Å²) >= 11 is 0. The zero-order chi connectivity index (χ0) is 14.4. The van der Waals surface area contributed by atoms with Crippen LogP contribution in [0.2, 0.25) is 0 Å². The molecule has 1 aliphatic rings. The summed E-state index contributed by atoms with van der Waals surface area (Å²) in [4.78, 5) is 15.9. The largest absolute Gasteiger partial charge is 0.444 e. The molecule has 0 atom stereocenters. The van der Waals surface area contributed by atoms with E-state index >= 15 is 0 Å². The van der Waals surface area contributed by atoms with Crippen molar-refractivity contribution in [1.29, 1.82) is 0 Å². The van der Waals surface area contributed by atoms with Crippen LogP contribution < -0.4 is 0 Å². The van der Waals surface area contributed by atoms with E-state index in [4.69, 9.17) is 4.74 Å². The second-order valence-corrected chi connectivity index (χ2v) is 4.97. The molecule has 110 valence electrons. The van der Waals surface area contributed by atoms with Crippen molar-refractivity contribution in [2.75, 3.05) is 32.7 Å². The average molecular weight is 280 g/mol. The number of benzene rings is 1. The van der Waals surface area contributed by atoms with Crippen LogP contribution in [0.25, 0.3) is 0 Å². The zero-order valence-corrected chi connectivity index (χ0v) is 11.8. The predicted molar refractivity (Wildman–Crippen MR) is 74.9 cm³/mol. The van der Waals surface area contributed by atoms with E-state index in [1.165, 1.54) is 6.07 Å². The minimum Gasteiger partial charge on any atom is -0.444 e. The van der Waals surface area contributed by atoms with Crippen molar-refractivity contribution in [2.24, 2.45) is 0 Å². The first-order valence-corrected chi connectivity index (χ1v) is 7.08. The first-order chi connectivity index (χ1) is 9.70. The van der Waals surface area contributed by atoms with Crippen LogP contribution in [0.15, 0.2) is 24.3 Å². The summed E-state index contributed by atoms with van der Waals surface area (Å²) in [6.07, 6.45) is 0.766. The average Bonchev–Trinajstić information content (AvgIpc) is 2.47. The third-order valence-electron chi connectivity index (χ3n) is 3.48. The van der Waals surface area contributed by atoms with E-state index in [0.29, 0.717) is 18.7 Å². The third kappa shape index (κ3) is 3.93. The highest BCUT2D eigenvalue weighted by Gasteiger charge is 2.21. The molecular formula is C15H21FN2O2. The summed E-state index contributed by atoms with van der Waals surface area (Å²) in [6, 6.07) is 6.35. The number of ether oxygens (including phenoxy) is 1. The Labute approximate surface area is 119 Å². The van der Waals surface area contributed by atoms with Gasteiger partial charge in [-0.15, -0.1) is 0 Å². The van der Waals surface area contributed by atoms with Crippen molar-refractivity contribution in [3.8, 4) is 0 Å². The van der Waals surface area contributed by atoms with Gasteiger partial charge in [0.25, 0.3) is 0 Å². The Morgan fingerprint density at radius 3 is 2.60 bits per heavy atom. The Kier molecular flexibility index (Phi) is 5.35. The van der Waals surface area contributed by atoms with Gasteiger partial charge in [0.2, 0.25) is 0 Å². The molecule has 4 nitrogen and oxygen atoms in total. The number of halogens is 1. The molecule has 1 aliphatic heterocycles. The summed E-state index contributed by atoms with van der Waals surface area (Å²) in [6.45, 7) is 6.31. The molecule has 0 saturated carbocycles. The van der Waals surface area contributed by atoms with Crippen LogP contribution in [0.4, 0.5) is 9.18 Å². The van der Waals surface area contributed by atoms with Gasteiger partial charge < -0.3 is 9.64 Å². The van der Waals surface area contributed by atoms with E-state index in [-0.39, 0.29) is 18.5 Å². The first-order valence-electron chi connectivity index (χ1n) is 7.08. The zero-order valence-electron chi connectivity index (χ0n) is 11.8. The van der Waals surface area contributed by atoms with E-state index in [9.17, 15) is 9.18 Å². The van der Waals surface area contributed by atoms with Crippen molar-refractivity contribution < 1.29 is 13.9 Å². The number of carbonyl (C=O) groups excluding carboxylic acids is 1. The first kappa shape index (κ1) is 14.8. The van der Waals surface area contributed by atoms with E-state index in [0.717, 1.165) is 26.1 Å². The van der Waals surface area contributed by atoms with Crippen LogP contribution >= 0.6 is 0 Å². The topological polar surface area (TPSA) is 32.8 Å². The number of piperazine rings is 1. The van der Waals surface area contributed by atoms with E-state index in [1.807, 2.05) is 0 Å². The van der Waals surface area contributed by atoms with Gasteiger partial charge in [-0.3, -0.25) is 4.90 Å². The fourth-order valence-electron chi connectivity index (χ4n) is 2.32. The van der Waals surface area contributed by atoms with Crippen molar-refractivity contribution in [1.82, 2.24) is 9.80 Å². The van der Waals surface area contributed by atoms with Gasteiger partial charge in [-0.25, -0.2) is 9.18 Å². The van der Waals surface area contributed by atoms with Crippen molar-refractivity contribution in [3.05, 3.63) is 35.6 Å². The highest BCUT2D eigenvalue weighted by atomic mass is 19.1. The van der Waals surface area contributed by atoms with Gasteiger partial charge in [0.15, 0.2) is 0 Å². The lowest BCUT2D eigenvalue weighted by Gasteiger charge is -2.33. The maximum Gasteiger partial charge on any atom is 0.410 e. The molecule has 0 spiro atoms. The van der Waals surface area contributed by atoms with Gasteiger partial charge in [-0.1, -0.05) is 25.1 Å². The van der Waals surface area contributed by atoms with Gasteiger partial charge in [0.1, 0.15) is 12.4 Å². The lowest BCUT2D eigenvalue weighted by atomic mass is 10.2. The lowest BCUT2D eigenvalue weighted by molar-refractivity contribution is 0.0711. The number of amides is 1. The Hall–Kier alpha value is -1.62. The van der Waals surface area contributed by atoms with Crippen molar-refractivity contribution >= 4 is 6.09 Å². The Morgan fingerprint density at radius 1 is 1.25 bits per heavy atom. The molecule has 0 N–H and O–H groups in total. The quantitative estimate of drug-likeness (QED) is 0.849. The normalized spacial score (nSPS) is 16.2. The van der Waals surface area contributed by atoms with E-state index in [2.05, 4.69) is 11.8 Å². The molecule has 0 radical (unpaired) electrons. The third-order valence-corrected chi connectivity index (χ3v) is 3.48. The summed E-state index contributed by atoms with van der Waals surface area (Å²) < 4.78 is 18.6. The standard InChI is InChI=1S/C15H21FN2O2/c1-2-7-17-8-10-18(11-9-17)15(19)20-12-13-5-3-4-6-14(13)16/h3-6H,2,7-12H2,1H3. The minimum absolute atomic E-state index is 0.0132. The molecule has 1 fully saturated rings. The molecule has 1 amide bonds. The number of rotatable bonds is 4. The van der Waals surface area contributed by atoms with Crippen LogP contribution in [-0.2, 0) is 11.3 Å². The molecule has 5 heteroatoms. The maximum absolute atomic E-state index is 13.4. The molecule has 2 rings (SSSR count). The second-order valence-electron chi connectivity index (χ2n) is 4.97. The molecule has 0 aliphatic carbocycles. The van der Waals surface area contributed by atoms with Crippen LogP contribution in [0, 0.1) is 5.82 Å². The SMILES string of the molecule is CCCN1CCN(C(=O)OCc2ccccc2F)CC1. The predicted octanol–water partition coefficient (Wildman–Crippen LogP) is 2.49. The fourth-order valence-corrected chi connectivity index (χ4v) is 2.32. The number of hydrogen-bond donors (Lipinski definition) is 0. The van der Waals surface area contributed by atoms with Crippen LogP contribution in [0.1, 0.15) is 18.9 Å². The molecule has 1 aromatic rings. The molecule has 1 heterocycles. The highest BCUT2D eigenvalue weighted by molar-refractivity contribution is 5.67. The van der Waals surface area contributed by atoms with Crippen LogP contribution in [0.5, 0.6) is 0 Å². The van der Waals surface area contributed by atoms with Crippen molar-refractivity contribution in [2.45, 2.75) is 20.0 Å². The second kappa shape index (κ2) is 7.24.